The van der Waals surface area contributed by atoms with E-state index in [9.17, 15) is 4.79 Å². The van der Waals surface area contributed by atoms with Crippen LogP contribution in [0, 0.1) is 16.7 Å². The summed E-state index contributed by atoms with van der Waals surface area (Å²) in [5, 5.41) is 9.12. The van der Waals surface area contributed by atoms with Crippen LogP contribution in [-0.2, 0) is 4.79 Å². The van der Waals surface area contributed by atoms with Gasteiger partial charge in [0, 0.05) is 13.1 Å². The van der Waals surface area contributed by atoms with Crippen LogP contribution in [0.1, 0.15) is 18.2 Å². The number of nitrogens with two attached hydrogens (primary N) is 1. The molecule has 5 nitrogen and oxygen atoms in total. The Morgan fingerprint density at radius 2 is 2.44 bits per heavy atom. The summed E-state index contributed by atoms with van der Waals surface area (Å²) >= 11 is 2.91. The van der Waals surface area contributed by atoms with E-state index in [0.29, 0.717) is 30.2 Å². The van der Waals surface area contributed by atoms with Gasteiger partial charge in [0.2, 0.25) is 5.91 Å². The Labute approximate surface area is 114 Å². The number of aromatic nitrogens is 1. The third-order valence-corrected chi connectivity index (χ3v) is 5.17. The van der Waals surface area contributed by atoms with Crippen LogP contribution in [0.15, 0.2) is 4.34 Å². The summed E-state index contributed by atoms with van der Waals surface area (Å²) < 4.78 is 0.870. The lowest BCUT2D eigenvalue weighted by Gasteiger charge is -2.20. The quantitative estimate of drug-likeness (QED) is 0.848. The molecule has 0 aromatic carbocycles. The van der Waals surface area contributed by atoms with Crippen LogP contribution < -0.4 is 10.6 Å². The smallest absolute Gasteiger partial charge is 0.225 e. The summed E-state index contributed by atoms with van der Waals surface area (Å²) in [7, 11) is 0. The molecule has 1 amide bonds. The van der Waals surface area contributed by atoms with Crippen molar-refractivity contribution in [3.05, 3.63) is 4.88 Å². The third kappa shape index (κ3) is 2.18. The second-order valence-electron chi connectivity index (χ2n) is 4.54. The van der Waals surface area contributed by atoms with Crippen LogP contribution in [0.5, 0.6) is 0 Å². The maximum Gasteiger partial charge on any atom is 0.225 e. The molecule has 18 heavy (non-hydrogen) atoms. The van der Waals surface area contributed by atoms with E-state index in [1.165, 1.54) is 23.1 Å². The molecule has 0 spiro atoms. The summed E-state index contributed by atoms with van der Waals surface area (Å²) in [4.78, 5) is 18.5. The lowest BCUT2D eigenvalue weighted by Crippen LogP contribution is -2.37. The lowest BCUT2D eigenvalue weighted by molar-refractivity contribution is -0.125. The summed E-state index contributed by atoms with van der Waals surface area (Å²) in [5.74, 6) is 0.403. The molecule has 1 aromatic rings. The average molecular weight is 282 g/mol. The molecular weight excluding hydrogens is 268 g/mol. The van der Waals surface area contributed by atoms with Gasteiger partial charge in [-0.25, -0.2) is 4.98 Å². The zero-order chi connectivity index (χ0) is 13.3. The van der Waals surface area contributed by atoms with E-state index in [4.69, 9.17) is 11.0 Å². The Morgan fingerprint density at radius 3 is 2.94 bits per heavy atom. The Balaban J connectivity index is 2.27. The summed E-state index contributed by atoms with van der Waals surface area (Å²) in [6.07, 6.45) is 2.64. The van der Waals surface area contributed by atoms with Crippen molar-refractivity contribution in [1.82, 2.24) is 4.98 Å². The normalized spacial score (nSPS) is 23.1. The first kappa shape index (κ1) is 13.2. The van der Waals surface area contributed by atoms with Crippen molar-refractivity contribution in [3.8, 4) is 6.07 Å². The van der Waals surface area contributed by atoms with E-state index >= 15 is 0 Å². The second-order valence-corrected chi connectivity index (χ2v) is 6.60. The minimum atomic E-state index is -0.518. The number of thiazole rings is 1. The number of carbonyl (C=O) groups is 1. The van der Waals surface area contributed by atoms with Crippen molar-refractivity contribution in [3.63, 3.8) is 0 Å². The van der Waals surface area contributed by atoms with Crippen LogP contribution in [0.2, 0.25) is 0 Å². The molecule has 2 rings (SSSR count). The number of nitriles is 1. The number of hydrogen-bond donors (Lipinski definition) is 1. The van der Waals surface area contributed by atoms with E-state index in [0.717, 1.165) is 4.34 Å². The topological polar surface area (TPSA) is 83.0 Å². The standard InChI is InChI=1S/C11H14N4OS2/c1-11(9(13)16)3-4-15(6-11)8-7(5-12)18-10(14-8)17-2/h3-4,6H2,1-2H3,(H2,13,16). The summed E-state index contributed by atoms with van der Waals surface area (Å²) in [5.41, 5.74) is 4.90. The predicted molar refractivity (Wildman–Crippen MR) is 72.7 cm³/mol. The highest BCUT2D eigenvalue weighted by Gasteiger charge is 2.40. The zero-order valence-electron chi connectivity index (χ0n) is 10.3. The lowest BCUT2D eigenvalue weighted by atomic mass is 9.89. The SMILES string of the molecule is CSc1nc(N2CCC(C)(C(N)=O)C2)c(C#N)s1. The first-order valence-electron chi connectivity index (χ1n) is 5.50. The van der Waals surface area contributed by atoms with E-state index in [-0.39, 0.29) is 5.91 Å². The largest absolute Gasteiger partial charge is 0.369 e. The molecule has 96 valence electrons. The monoisotopic (exact) mass is 282 g/mol. The van der Waals surface area contributed by atoms with Gasteiger partial charge in [-0.3, -0.25) is 4.79 Å². The van der Waals surface area contributed by atoms with E-state index in [1.807, 2.05) is 18.1 Å². The van der Waals surface area contributed by atoms with Crippen molar-refractivity contribution >= 4 is 34.8 Å². The molecule has 1 aliphatic heterocycles. The molecular formula is C11H14N4OS2. The van der Waals surface area contributed by atoms with E-state index in [2.05, 4.69) is 11.1 Å². The van der Waals surface area contributed by atoms with E-state index in [1.54, 1.807) is 0 Å². The van der Waals surface area contributed by atoms with Gasteiger partial charge in [0.25, 0.3) is 0 Å². The van der Waals surface area contributed by atoms with Gasteiger partial charge in [-0.1, -0.05) is 23.1 Å². The molecule has 2 heterocycles. The fourth-order valence-electron chi connectivity index (χ4n) is 2.01. The van der Waals surface area contributed by atoms with Gasteiger partial charge < -0.3 is 10.6 Å². The zero-order valence-corrected chi connectivity index (χ0v) is 11.9. The molecule has 1 aromatic heterocycles. The van der Waals surface area contributed by atoms with Gasteiger partial charge in [0.1, 0.15) is 10.9 Å². The second kappa shape index (κ2) is 4.78. The molecule has 0 saturated carbocycles. The summed E-state index contributed by atoms with van der Waals surface area (Å²) in [6.45, 7) is 3.11. The maximum atomic E-state index is 11.4. The first-order chi connectivity index (χ1) is 8.50. The van der Waals surface area contributed by atoms with Gasteiger partial charge in [-0.05, 0) is 19.6 Å². The molecule has 0 bridgehead atoms. The summed E-state index contributed by atoms with van der Waals surface area (Å²) in [6, 6.07) is 2.17. The molecule has 1 fully saturated rings. The van der Waals surface area contributed by atoms with Crippen LogP contribution >= 0.6 is 23.1 Å². The van der Waals surface area contributed by atoms with Crippen molar-refractivity contribution in [2.45, 2.75) is 17.7 Å². The number of thioether (sulfide) groups is 1. The number of hydrogen-bond acceptors (Lipinski definition) is 6. The first-order valence-corrected chi connectivity index (χ1v) is 7.54. The Kier molecular flexibility index (Phi) is 3.50. The van der Waals surface area contributed by atoms with Crippen molar-refractivity contribution in [1.29, 1.82) is 5.26 Å². The Bertz CT molecular complexity index is 522. The fraction of sp³-hybridized carbons (Fsp3) is 0.545. The molecule has 0 aliphatic carbocycles. The molecule has 1 atom stereocenters. The van der Waals surface area contributed by atoms with Crippen LogP contribution in [0.25, 0.3) is 0 Å². The molecule has 0 radical (unpaired) electrons. The van der Waals surface area contributed by atoms with Gasteiger partial charge in [0.05, 0.1) is 5.41 Å². The number of anilines is 1. The minimum Gasteiger partial charge on any atom is -0.369 e. The molecule has 1 unspecified atom stereocenters. The minimum absolute atomic E-state index is 0.288. The van der Waals surface area contributed by atoms with Gasteiger partial charge >= 0.3 is 0 Å². The maximum absolute atomic E-state index is 11.4. The molecule has 7 heteroatoms. The highest BCUT2D eigenvalue weighted by atomic mass is 32.2. The van der Waals surface area contributed by atoms with Crippen LogP contribution in [0.4, 0.5) is 5.82 Å². The van der Waals surface area contributed by atoms with Crippen molar-refractivity contribution < 1.29 is 4.79 Å². The third-order valence-electron chi connectivity index (χ3n) is 3.23. The number of nitrogens with zero attached hydrogens (tertiary/aromatic N) is 3. The molecule has 1 saturated heterocycles. The van der Waals surface area contributed by atoms with Crippen molar-refractivity contribution in [2.75, 3.05) is 24.2 Å². The number of amides is 1. The Hall–Kier alpha value is -1.26. The molecule has 2 N–H and O–H groups in total. The molecule has 1 aliphatic rings. The number of primary amides is 1. The van der Waals surface area contributed by atoms with Gasteiger partial charge in [-0.15, -0.1) is 0 Å². The number of carbonyl (C=O) groups excluding carboxylic acids is 1. The van der Waals surface area contributed by atoms with E-state index < -0.39 is 5.41 Å². The average Bonchev–Trinajstić information content (AvgIpc) is 2.92. The van der Waals surface area contributed by atoms with Crippen molar-refractivity contribution in [2.24, 2.45) is 11.1 Å². The van der Waals surface area contributed by atoms with Gasteiger partial charge in [0.15, 0.2) is 10.2 Å². The Morgan fingerprint density at radius 1 is 1.72 bits per heavy atom. The predicted octanol–water partition coefficient (Wildman–Crippen LogP) is 1.44. The highest BCUT2D eigenvalue weighted by Crippen LogP contribution is 2.37. The van der Waals surface area contributed by atoms with Crippen LogP contribution in [0.3, 0.4) is 0 Å². The van der Waals surface area contributed by atoms with Crippen LogP contribution in [-0.4, -0.2) is 30.2 Å². The number of rotatable bonds is 3. The fourth-order valence-corrected chi connectivity index (χ4v) is 3.39. The van der Waals surface area contributed by atoms with Gasteiger partial charge in [-0.2, -0.15) is 5.26 Å². The highest BCUT2D eigenvalue weighted by molar-refractivity contribution is 8.00.